The van der Waals surface area contributed by atoms with Gasteiger partial charge in [0.2, 0.25) is 0 Å². The number of pyridine rings is 1. The first kappa shape index (κ1) is 19.9. The Morgan fingerprint density at radius 1 is 1.14 bits per heavy atom. The van der Waals surface area contributed by atoms with E-state index in [0.29, 0.717) is 24.3 Å². The molecule has 2 bridgehead atoms. The van der Waals surface area contributed by atoms with Crippen molar-refractivity contribution in [2.45, 2.75) is 51.1 Å². The predicted octanol–water partition coefficient (Wildman–Crippen LogP) is 3.54. The van der Waals surface area contributed by atoms with Crippen LogP contribution in [0, 0.1) is 17.8 Å². The molecule has 0 saturated carbocycles. The van der Waals surface area contributed by atoms with Crippen LogP contribution in [0.15, 0.2) is 47.3 Å². The average Bonchev–Trinajstić information content (AvgIpc) is 2.73. The van der Waals surface area contributed by atoms with E-state index in [9.17, 15) is 4.79 Å². The Bertz CT molecular complexity index is 951. The maximum absolute atomic E-state index is 12.6. The molecule has 1 fully saturated rings. The lowest BCUT2D eigenvalue weighted by Gasteiger charge is -2.47. The maximum Gasteiger partial charge on any atom is 0.250 e. The van der Waals surface area contributed by atoms with Gasteiger partial charge in [-0.1, -0.05) is 43.4 Å². The Morgan fingerprint density at radius 3 is 2.72 bits per heavy atom. The molecule has 0 amide bonds. The fourth-order valence-corrected chi connectivity index (χ4v) is 5.10. The number of aliphatic hydroxyl groups excluding tert-OH is 1. The van der Waals surface area contributed by atoms with Crippen LogP contribution in [0.3, 0.4) is 0 Å². The lowest BCUT2D eigenvalue weighted by atomic mass is 9.77. The Labute approximate surface area is 173 Å². The molecule has 4 rings (SSSR count). The summed E-state index contributed by atoms with van der Waals surface area (Å²) in [6.07, 6.45) is 3.89. The van der Waals surface area contributed by atoms with Crippen LogP contribution in [0.4, 0.5) is 0 Å². The summed E-state index contributed by atoms with van der Waals surface area (Å²) in [6, 6.07) is 14.6. The highest BCUT2D eigenvalue weighted by Gasteiger charge is 2.39. The van der Waals surface area contributed by atoms with Crippen LogP contribution >= 0.6 is 0 Å². The number of fused-ring (bicyclic) bond motifs is 4. The van der Waals surface area contributed by atoms with Crippen molar-refractivity contribution >= 4 is 0 Å². The van der Waals surface area contributed by atoms with Crippen molar-refractivity contribution in [3.63, 3.8) is 0 Å². The van der Waals surface area contributed by atoms with Crippen LogP contribution in [0.2, 0.25) is 0 Å². The number of hydrogen-bond acceptors (Lipinski definition) is 3. The third-order valence-electron chi connectivity index (χ3n) is 6.29. The zero-order valence-electron chi connectivity index (χ0n) is 17.2. The van der Waals surface area contributed by atoms with Crippen molar-refractivity contribution in [3.05, 3.63) is 69.6 Å². The summed E-state index contributed by atoms with van der Waals surface area (Å²) in [6.45, 7) is 5.33. The number of aliphatic hydroxyl groups is 1. The van der Waals surface area contributed by atoms with Crippen molar-refractivity contribution < 1.29 is 5.11 Å². The zero-order valence-corrected chi connectivity index (χ0v) is 17.2. The molecule has 1 aromatic carbocycles. The highest BCUT2D eigenvalue weighted by atomic mass is 16.2. The number of nitrogens with zero attached hydrogens (tertiary/aromatic N) is 2. The predicted molar refractivity (Wildman–Crippen MR) is 116 cm³/mol. The van der Waals surface area contributed by atoms with Gasteiger partial charge in [-0.2, -0.15) is 0 Å². The van der Waals surface area contributed by atoms with E-state index in [1.54, 1.807) is 6.07 Å². The van der Waals surface area contributed by atoms with Gasteiger partial charge in [-0.3, -0.25) is 9.69 Å². The molecule has 3 atom stereocenters. The van der Waals surface area contributed by atoms with Gasteiger partial charge in [0.25, 0.3) is 5.56 Å². The Balaban J connectivity index is 1.51. The zero-order chi connectivity index (χ0) is 20.2. The van der Waals surface area contributed by atoms with E-state index in [1.807, 2.05) is 6.07 Å². The molecule has 0 aliphatic carbocycles. The first-order chi connectivity index (χ1) is 14.2. The smallest absolute Gasteiger partial charge is 0.250 e. The summed E-state index contributed by atoms with van der Waals surface area (Å²) in [5, 5.41) is 8.84. The fourth-order valence-electron chi connectivity index (χ4n) is 5.10. The minimum Gasteiger partial charge on any atom is -0.395 e. The molecule has 1 saturated heterocycles. The van der Waals surface area contributed by atoms with Crippen molar-refractivity contribution in [3.8, 4) is 11.8 Å². The van der Waals surface area contributed by atoms with Gasteiger partial charge in [0.1, 0.15) is 0 Å². The van der Waals surface area contributed by atoms with Crippen LogP contribution in [0.25, 0.3) is 0 Å². The summed E-state index contributed by atoms with van der Waals surface area (Å²) >= 11 is 0. The second-order valence-electron chi connectivity index (χ2n) is 8.37. The standard InChI is InChI=1S/C25H30N2O2/c1-2-6-23-21-15-22(24-8-5-9-25(29)27(23)24)18-26(17-21)16-20-12-10-19(11-13-20)7-3-4-14-28/h5,8-13,21-23,28H,2,4,6,14-18H2,1H3/t21-,22+,23-/m0/s1. The molecule has 3 heterocycles. The summed E-state index contributed by atoms with van der Waals surface area (Å²) in [5.74, 6) is 7.05. The molecule has 2 aromatic rings. The molecule has 0 unspecified atom stereocenters. The first-order valence-corrected chi connectivity index (χ1v) is 10.8. The molecular weight excluding hydrogens is 360 g/mol. The van der Waals surface area contributed by atoms with Gasteiger partial charge in [-0.05, 0) is 42.5 Å². The summed E-state index contributed by atoms with van der Waals surface area (Å²) in [4.78, 5) is 15.2. The van der Waals surface area contributed by atoms with Gasteiger partial charge >= 0.3 is 0 Å². The fraction of sp³-hybridized carbons (Fsp3) is 0.480. The van der Waals surface area contributed by atoms with Gasteiger partial charge < -0.3 is 9.67 Å². The number of aromatic nitrogens is 1. The molecule has 29 heavy (non-hydrogen) atoms. The highest BCUT2D eigenvalue weighted by Crippen LogP contribution is 2.43. The number of piperidine rings is 1. The van der Waals surface area contributed by atoms with Gasteiger partial charge in [-0.15, -0.1) is 0 Å². The van der Waals surface area contributed by atoms with Gasteiger partial charge in [0.05, 0.1) is 6.61 Å². The SMILES string of the molecule is CCC[C@H]1[C@H]2C[C@H](CN(Cc3ccc(C#CCCO)cc3)C2)c2cccc(=O)n21. The number of hydrogen-bond donors (Lipinski definition) is 1. The first-order valence-electron chi connectivity index (χ1n) is 10.8. The average molecular weight is 391 g/mol. The molecule has 152 valence electrons. The molecule has 2 aliphatic heterocycles. The molecular formula is C25H30N2O2. The largest absolute Gasteiger partial charge is 0.395 e. The van der Waals surface area contributed by atoms with Crippen molar-refractivity contribution in [2.24, 2.45) is 5.92 Å². The van der Waals surface area contributed by atoms with E-state index in [2.05, 4.69) is 58.6 Å². The van der Waals surface area contributed by atoms with E-state index in [-0.39, 0.29) is 12.2 Å². The Kier molecular flexibility index (Phi) is 6.18. The molecule has 1 N–H and O–H groups in total. The number of likely N-dealkylation sites (tertiary alicyclic amines) is 1. The van der Waals surface area contributed by atoms with Gasteiger partial charge in [0, 0.05) is 55.3 Å². The summed E-state index contributed by atoms with van der Waals surface area (Å²) in [7, 11) is 0. The molecule has 4 nitrogen and oxygen atoms in total. The summed E-state index contributed by atoms with van der Waals surface area (Å²) in [5.41, 5.74) is 3.69. The van der Waals surface area contributed by atoms with E-state index >= 15 is 0 Å². The van der Waals surface area contributed by atoms with Gasteiger partial charge in [0.15, 0.2) is 0 Å². The topological polar surface area (TPSA) is 45.5 Å². The second kappa shape index (κ2) is 8.98. The van der Waals surface area contributed by atoms with Crippen molar-refractivity contribution in [2.75, 3.05) is 19.7 Å². The van der Waals surface area contributed by atoms with Crippen molar-refractivity contribution in [1.82, 2.24) is 9.47 Å². The van der Waals surface area contributed by atoms with Crippen LogP contribution in [-0.2, 0) is 6.54 Å². The van der Waals surface area contributed by atoms with Crippen LogP contribution in [0.1, 0.15) is 61.4 Å². The Morgan fingerprint density at radius 2 is 1.97 bits per heavy atom. The lowest BCUT2D eigenvalue weighted by molar-refractivity contribution is 0.0817. The number of benzene rings is 1. The molecule has 4 heteroatoms. The normalized spacial score (nSPS) is 23.2. The minimum absolute atomic E-state index is 0.108. The molecule has 1 aromatic heterocycles. The van der Waals surface area contributed by atoms with Gasteiger partial charge in [-0.25, -0.2) is 0 Å². The second-order valence-corrected chi connectivity index (χ2v) is 8.37. The Hall–Kier alpha value is -2.35. The van der Waals surface area contributed by atoms with Crippen molar-refractivity contribution in [1.29, 1.82) is 0 Å². The third kappa shape index (κ3) is 4.32. The van der Waals surface area contributed by atoms with E-state index in [1.165, 1.54) is 17.7 Å². The van der Waals surface area contributed by atoms with E-state index < -0.39 is 0 Å². The highest BCUT2D eigenvalue weighted by molar-refractivity contribution is 5.36. The van der Waals surface area contributed by atoms with Crippen LogP contribution in [0.5, 0.6) is 0 Å². The molecule has 0 spiro atoms. The lowest BCUT2D eigenvalue weighted by Crippen LogP contribution is -2.49. The maximum atomic E-state index is 12.6. The third-order valence-corrected chi connectivity index (χ3v) is 6.29. The molecule has 2 aliphatic rings. The molecule has 0 radical (unpaired) electrons. The van der Waals surface area contributed by atoms with E-state index in [4.69, 9.17) is 5.11 Å². The minimum atomic E-state index is 0.108. The van der Waals surface area contributed by atoms with Crippen LogP contribution in [-0.4, -0.2) is 34.3 Å². The quantitative estimate of drug-likeness (QED) is 0.795. The summed E-state index contributed by atoms with van der Waals surface area (Å²) < 4.78 is 2.11. The number of rotatable bonds is 5. The van der Waals surface area contributed by atoms with Crippen LogP contribution < -0.4 is 5.56 Å². The monoisotopic (exact) mass is 390 g/mol. The van der Waals surface area contributed by atoms with E-state index in [0.717, 1.165) is 38.0 Å².